The van der Waals surface area contributed by atoms with Crippen molar-refractivity contribution in [2.24, 2.45) is 0 Å². The average Bonchev–Trinajstić information content (AvgIpc) is 1.93. The molecule has 1 amide bonds. The second-order valence-electron chi connectivity index (χ2n) is 3.81. The average molecular weight is 190 g/mol. The summed E-state index contributed by atoms with van der Waals surface area (Å²) in [6.45, 7) is 0.725. The van der Waals surface area contributed by atoms with Crippen LogP contribution in [0.5, 0.6) is 0 Å². The van der Waals surface area contributed by atoms with Crippen molar-refractivity contribution in [3.8, 4) is 0 Å². The summed E-state index contributed by atoms with van der Waals surface area (Å²) in [6.07, 6.45) is -0.702. The second kappa shape index (κ2) is 3.96. The van der Waals surface area contributed by atoms with Crippen LogP contribution in [0.1, 0.15) is 26.3 Å². The molecule has 1 heterocycles. The maximum absolute atomic E-state index is 11.7. The summed E-state index contributed by atoms with van der Waals surface area (Å²) in [7, 11) is 0. The molecule has 1 rings (SSSR count). The first kappa shape index (κ1) is 5.86. The fourth-order valence-corrected chi connectivity index (χ4v) is 0.844. The molecule has 1 saturated heterocycles. The van der Waals surface area contributed by atoms with Gasteiger partial charge < -0.3 is 15.0 Å². The van der Waals surface area contributed by atoms with E-state index in [2.05, 4.69) is 5.32 Å². The Kier molecular flexibility index (Phi) is 1.78. The Hall–Kier alpha value is -0.770. The minimum absolute atomic E-state index is 0.235. The fraction of sp³-hybridized carbons (Fsp3) is 0.889. The Morgan fingerprint density at radius 1 is 1.46 bits per heavy atom. The third-order valence-corrected chi connectivity index (χ3v) is 1.37. The number of carbonyl (C=O) groups excluding carboxylic acids is 1. The van der Waals surface area contributed by atoms with E-state index in [1.165, 1.54) is 0 Å². The molecule has 0 bridgehead atoms. The Bertz CT molecular complexity index is 299. The molecule has 4 heteroatoms. The van der Waals surface area contributed by atoms with Crippen LogP contribution in [0.3, 0.4) is 0 Å². The molecule has 0 aromatic carbocycles. The van der Waals surface area contributed by atoms with Crippen LogP contribution in [0.4, 0.5) is 4.79 Å². The molecule has 76 valence electrons. The molecule has 1 fully saturated rings. The molecule has 0 aliphatic carbocycles. The van der Waals surface area contributed by atoms with Crippen LogP contribution in [0.25, 0.3) is 0 Å². The van der Waals surface area contributed by atoms with Gasteiger partial charge in [-0.05, 0) is 20.8 Å². The van der Waals surface area contributed by atoms with Crippen LogP contribution in [0.15, 0.2) is 0 Å². The summed E-state index contributed by atoms with van der Waals surface area (Å²) in [6, 6.07) is 0. The lowest BCUT2D eigenvalue weighted by atomic mass is 10.2. The Morgan fingerprint density at radius 2 is 2.00 bits per heavy atom. The summed E-state index contributed by atoms with van der Waals surface area (Å²) in [5.74, 6) is 0. The zero-order chi connectivity index (χ0) is 13.5. The zero-order valence-electron chi connectivity index (χ0n) is 12.2. The largest absolute Gasteiger partial charge is 0.444 e. The van der Waals surface area contributed by atoms with Gasteiger partial charge in [0.25, 0.3) is 0 Å². The molecule has 13 heavy (non-hydrogen) atoms. The Morgan fingerprint density at radius 3 is 2.46 bits per heavy atom. The van der Waals surface area contributed by atoms with E-state index in [1.807, 2.05) is 0 Å². The number of amides is 1. The van der Waals surface area contributed by atoms with E-state index in [-0.39, 0.29) is 13.1 Å². The van der Waals surface area contributed by atoms with E-state index < -0.39 is 24.7 Å². The van der Waals surface area contributed by atoms with Crippen molar-refractivity contribution >= 4 is 6.09 Å². The van der Waals surface area contributed by atoms with Gasteiger partial charge in [-0.2, -0.15) is 0 Å². The topological polar surface area (TPSA) is 41.6 Å². The number of nitrogens with one attached hydrogen (secondary N) is 1. The van der Waals surface area contributed by atoms with Gasteiger partial charge in [0.05, 0.1) is 0 Å². The van der Waals surface area contributed by atoms with E-state index in [1.54, 1.807) is 20.8 Å². The number of ether oxygens (including phenoxy) is 1. The summed E-state index contributed by atoms with van der Waals surface area (Å²) in [5, 5.41) is 2.20. The van der Waals surface area contributed by atoms with Crippen molar-refractivity contribution < 1.29 is 15.0 Å². The summed E-state index contributed by atoms with van der Waals surface area (Å²) >= 11 is 0. The molecule has 0 atom stereocenters. The van der Waals surface area contributed by atoms with Crippen LogP contribution in [0, 0.1) is 0 Å². The second-order valence-corrected chi connectivity index (χ2v) is 3.81. The third kappa shape index (κ3) is 3.63. The molecule has 0 unspecified atom stereocenters. The molecule has 0 aromatic rings. The molecule has 0 aromatic heterocycles. The maximum atomic E-state index is 11.7. The molecule has 0 saturated carbocycles. The monoisotopic (exact) mass is 190 g/mol. The third-order valence-electron chi connectivity index (χ3n) is 1.37. The van der Waals surface area contributed by atoms with E-state index in [9.17, 15) is 4.79 Å². The number of nitrogens with zero attached hydrogens (tertiary/aromatic N) is 1. The van der Waals surface area contributed by atoms with Crippen LogP contribution in [-0.4, -0.2) is 42.7 Å². The van der Waals surface area contributed by atoms with Gasteiger partial charge in [0.15, 0.2) is 0 Å². The summed E-state index contributed by atoms with van der Waals surface area (Å²) in [4.78, 5) is 12.8. The SMILES string of the molecule is [2H]C1([2H])CN(C(=O)OC(C)(C)C)CC([2H])([2H])N1. The van der Waals surface area contributed by atoms with Crippen LogP contribution in [0.2, 0.25) is 0 Å². The van der Waals surface area contributed by atoms with Gasteiger partial charge in [-0.25, -0.2) is 4.79 Å². The van der Waals surface area contributed by atoms with Gasteiger partial charge in [-0.3, -0.25) is 0 Å². The van der Waals surface area contributed by atoms with E-state index in [4.69, 9.17) is 10.2 Å². The normalized spacial score (nSPS) is 30.8. The fourth-order valence-electron chi connectivity index (χ4n) is 0.844. The van der Waals surface area contributed by atoms with Crippen molar-refractivity contribution in [2.45, 2.75) is 26.4 Å². The molecular formula is C9H18N2O2. The molecule has 0 spiro atoms. The van der Waals surface area contributed by atoms with Gasteiger partial charge in [0, 0.05) is 31.6 Å². The highest BCUT2D eigenvalue weighted by molar-refractivity contribution is 5.68. The first-order valence-corrected chi connectivity index (χ1v) is 4.18. The molecule has 1 N–H and O–H groups in total. The highest BCUT2D eigenvalue weighted by Crippen LogP contribution is 2.09. The molecule has 1 aliphatic rings. The van der Waals surface area contributed by atoms with Gasteiger partial charge in [-0.15, -0.1) is 0 Å². The lowest BCUT2D eigenvalue weighted by Crippen LogP contribution is -2.48. The van der Waals surface area contributed by atoms with Gasteiger partial charge in [0.2, 0.25) is 0 Å². The lowest BCUT2D eigenvalue weighted by molar-refractivity contribution is 0.0229. The van der Waals surface area contributed by atoms with Crippen molar-refractivity contribution in [1.82, 2.24) is 10.2 Å². The van der Waals surface area contributed by atoms with Gasteiger partial charge in [0.1, 0.15) is 5.60 Å². The highest BCUT2D eigenvalue weighted by atomic mass is 16.6. The Balaban J connectivity index is 2.74. The van der Waals surface area contributed by atoms with Crippen molar-refractivity contribution in [1.29, 1.82) is 0 Å². The lowest BCUT2D eigenvalue weighted by Gasteiger charge is -2.30. The van der Waals surface area contributed by atoms with E-state index >= 15 is 0 Å². The van der Waals surface area contributed by atoms with Crippen molar-refractivity contribution in [3.63, 3.8) is 0 Å². The minimum atomic E-state index is -1.96. The van der Waals surface area contributed by atoms with Gasteiger partial charge in [-0.1, -0.05) is 0 Å². The molecule has 0 radical (unpaired) electrons. The molecule has 4 nitrogen and oxygen atoms in total. The van der Waals surface area contributed by atoms with Crippen molar-refractivity contribution in [2.75, 3.05) is 26.1 Å². The number of piperazine rings is 1. The number of hydrogen-bond acceptors (Lipinski definition) is 3. The van der Waals surface area contributed by atoms with Gasteiger partial charge >= 0.3 is 6.09 Å². The van der Waals surface area contributed by atoms with E-state index in [0.29, 0.717) is 0 Å². The maximum Gasteiger partial charge on any atom is 0.410 e. The van der Waals surface area contributed by atoms with E-state index in [0.717, 1.165) is 4.90 Å². The summed E-state index contributed by atoms with van der Waals surface area (Å²) in [5.41, 5.74) is -0.679. The summed E-state index contributed by atoms with van der Waals surface area (Å²) < 4.78 is 35.1. The van der Waals surface area contributed by atoms with Crippen LogP contribution in [-0.2, 0) is 4.74 Å². The van der Waals surface area contributed by atoms with Crippen molar-refractivity contribution in [3.05, 3.63) is 0 Å². The molecule has 1 aliphatic heterocycles. The highest BCUT2D eigenvalue weighted by Gasteiger charge is 2.22. The first-order valence-electron chi connectivity index (χ1n) is 6.18. The quantitative estimate of drug-likeness (QED) is 0.615. The number of rotatable bonds is 0. The number of carbonyl (C=O) groups is 1. The molecular weight excluding hydrogens is 168 g/mol. The minimum Gasteiger partial charge on any atom is -0.444 e. The van der Waals surface area contributed by atoms with Crippen LogP contribution < -0.4 is 5.32 Å². The standard InChI is InChI=1S/C9H18N2O2/c1-9(2,3)13-8(12)11-6-4-10-5-7-11/h10H,4-7H2,1-3H3/i4D2,5D2. The number of hydrogen-bond donors (Lipinski definition) is 1. The predicted octanol–water partition coefficient (Wildman–Crippen LogP) is 0.827. The predicted molar refractivity (Wildman–Crippen MR) is 50.7 cm³/mol. The smallest absolute Gasteiger partial charge is 0.410 e. The Labute approximate surface area is 84.9 Å². The van der Waals surface area contributed by atoms with Crippen LogP contribution >= 0.6 is 0 Å². The first-order chi connectivity index (χ1) is 7.40. The zero-order valence-corrected chi connectivity index (χ0v) is 8.18.